The Morgan fingerprint density at radius 1 is 0.762 bits per heavy atom. The van der Waals surface area contributed by atoms with Gasteiger partial charge in [0.1, 0.15) is 0 Å². The molecule has 0 unspecified atom stereocenters. The smallest absolute Gasteiger partial charge is 0.305 e. The fraction of sp³-hybridized carbons (Fsp3) is 0.938. The first-order valence-corrected chi connectivity index (χ1v) is 8.11. The van der Waals surface area contributed by atoms with Crippen LogP contribution in [0.15, 0.2) is 0 Å². The summed E-state index contributed by atoms with van der Waals surface area (Å²) in [5.74, 6) is -0.120. The van der Waals surface area contributed by atoms with Gasteiger partial charge in [0, 0.05) is 20.1 Å². The van der Waals surface area contributed by atoms with Crippen LogP contribution >= 0.6 is 0 Å². The molecule has 0 fully saturated rings. The van der Waals surface area contributed by atoms with E-state index >= 15 is 0 Å². The van der Waals surface area contributed by atoms with Crippen LogP contribution in [0.2, 0.25) is 0 Å². The van der Waals surface area contributed by atoms with Crippen LogP contribution < -0.4 is 0 Å². The Hall–Kier alpha value is -0.650. The molecule has 21 heavy (non-hydrogen) atoms. The summed E-state index contributed by atoms with van der Waals surface area (Å²) < 4.78 is 20.6. The molecule has 0 N–H and O–H groups in total. The van der Waals surface area contributed by atoms with Gasteiger partial charge in [0.05, 0.1) is 33.0 Å². The summed E-state index contributed by atoms with van der Waals surface area (Å²) in [6.07, 6.45) is 6.98. The second kappa shape index (κ2) is 17.4. The van der Waals surface area contributed by atoms with Gasteiger partial charge in [0.2, 0.25) is 0 Å². The van der Waals surface area contributed by atoms with Gasteiger partial charge in [-0.15, -0.1) is 0 Å². The molecule has 0 saturated heterocycles. The van der Waals surface area contributed by atoms with Crippen molar-refractivity contribution in [2.75, 3.05) is 46.8 Å². The van der Waals surface area contributed by atoms with Crippen molar-refractivity contribution >= 4 is 5.97 Å². The maximum atomic E-state index is 11.4. The molecule has 0 aliphatic rings. The van der Waals surface area contributed by atoms with Gasteiger partial charge in [-0.25, -0.2) is 0 Å². The minimum Gasteiger partial charge on any atom is -0.466 e. The molecule has 0 aliphatic heterocycles. The molecule has 5 heteroatoms. The van der Waals surface area contributed by atoms with E-state index in [1.807, 2.05) is 0 Å². The van der Waals surface area contributed by atoms with E-state index in [9.17, 15) is 4.79 Å². The van der Waals surface area contributed by atoms with Gasteiger partial charge in [-0.05, 0) is 12.8 Å². The summed E-state index contributed by atoms with van der Waals surface area (Å²) in [6.45, 7) is 5.61. The Labute approximate surface area is 129 Å². The SMILES string of the molecule is CCCCCCCOC(=O)CCCOCCOCCOC. The zero-order valence-electron chi connectivity index (χ0n) is 13.7. The van der Waals surface area contributed by atoms with Gasteiger partial charge in [0.25, 0.3) is 0 Å². The molecule has 0 bridgehead atoms. The number of esters is 1. The minimum atomic E-state index is -0.120. The number of carbonyl (C=O) groups is 1. The number of ether oxygens (including phenoxy) is 4. The summed E-state index contributed by atoms with van der Waals surface area (Å²) in [6, 6.07) is 0. The highest BCUT2D eigenvalue weighted by molar-refractivity contribution is 5.69. The third-order valence-corrected chi connectivity index (χ3v) is 2.98. The largest absolute Gasteiger partial charge is 0.466 e. The summed E-state index contributed by atoms with van der Waals surface area (Å²) in [5, 5.41) is 0. The maximum Gasteiger partial charge on any atom is 0.305 e. The molecule has 0 aliphatic carbocycles. The second-order valence-electron chi connectivity index (χ2n) is 4.96. The van der Waals surface area contributed by atoms with Crippen LogP contribution in [-0.4, -0.2) is 52.7 Å². The predicted octanol–water partition coefficient (Wildman–Crippen LogP) is 2.96. The van der Waals surface area contributed by atoms with Crippen molar-refractivity contribution in [3.63, 3.8) is 0 Å². The van der Waals surface area contributed by atoms with Crippen LogP contribution in [0.4, 0.5) is 0 Å². The molecule has 0 amide bonds. The van der Waals surface area contributed by atoms with Crippen LogP contribution in [0.5, 0.6) is 0 Å². The lowest BCUT2D eigenvalue weighted by molar-refractivity contribution is -0.144. The van der Waals surface area contributed by atoms with E-state index < -0.39 is 0 Å². The summed E-state index contributed by atoms with van der Waals surface area (Å²) >= 11 is 0. The quantitative estimate of drug-likeness (QED) is 0.324. The second-order valence-corrected chi connectivity index (χ2v) is 4.96. The standard InChI is InChI=1S/C16H32O5/c1-3-4-5-6-7-11-21-16(17)9-8-10-19-14-15-20-13-12-18-2/h3-15H2,1-2H3. The van der Waals surface area contributed by atoms with Gasteiger partial charge >= 0.3 is 5.97 Å². The Kier molecular flexibility index (Phi) is 16.9. The average Bonchev–Trinajstić information content (AvgIpc) is 2.49. The van der Waals surface area contributed by atoms with Crippen LogP contribution in [0.3, 0.4) is 0 Å². The number of carbonyl (C=O) groups excluding carboxylic acids is 1. The van der Waals surface area contributed by atoms with Gasteiger partial charge < -0.3 is 18.9 Å². The van der Waals surface area contributed by atoms with E-state index in [0.717, 1.165) is 12.8 Å². The van der Waals surface area contributed by atoms with Crippen LogP contribution in [0.25, 0.3) is 0 Å². The molecule has 0 aromatic rings. The van der Waals surface area contributed by atoms with Crippen molar-refractivity contribution < 1.29 is 23.7 Å². The first kappa shape index (κ1) is 20.3. The summed E-state index contributed by atoms with van der Waals surface area (Å²) in [5.41, 5.74) is 0. The van der Waals surface area contributed by atoms with Crippen LogP contribution in [0.1, 0.15) is 51.9 Å². The minimum absolute atomic E-state index is 0.120. The van der Waals surface area contributed by atoms with E-state index in [1.165, 1.54) is 19.3 Å². The Balaban J connectivity index is 3.12. The molecule has 5 nitrogen and oxygen atoms in total. The molecule has 0 radical (unpaired) electrons. The van der Waals surface area contributed by atoms with E-state index in [1.54, 1.807) is 7.11 Å². The van der Waals surface area contributed by atoms with Gasteiger partial charge in [0.15, 0.2) is 0 Å². The first-order valence-electron chi connectivity index (χ1n) is 8.11. The molecule has 0 saturated carbocycles. The molecular weight excluding hydrogens is 272 g/mol. The maximum absolute atomic E-state index is 11.4. The van der Waals surface area contributed by atoms with E-state index in [4.69, 9.17) is 18.9 Å². The van der Waals surface area contributed by atoms with Crippen molar-refractivity contribution in [2.24, 2.45) is 0 Å². The molecule has 0 spiro atoms. The highest BCUT2D eigenvalue weighted by Gasteiger charge is 2.02. The van der Waals surface area contributed by atoms with Crippen molar-refractivity contribution in [1.29, 1.82) is 0 Å². The van der Waals surface area contributed by atoms with E-state index in [2.05, 4.69) is 6.92 Å². The number of rotatable bonds is 16. The Morgan fingerprint density at radius 2 is 1.43 bits per heavy atom. The fourth-order valence-electron chi connectivity index (χ4n) is 1.75. The molecular formula is C16H32O5. The number of hydrogen-bond acceptors (Lipinski definition) is 5. The molecule has 0 rings (SSSR count). The monoisotopic (exact) mass is 304 g/mol. The molecule has 0 aromatic heterocycles. The molecule has 126 valence electrons. The third kappa shape index (κ3) is 17.3. The predicted molar refractivity (Wildman–Crippen MR) is 82.5 cm³/mol. The lowest BCUT2D eigenvalue weighted by atomic mass is 10.2. The van der Waals surface area contributed by atoms with Crippen molar-refractivity contribution in [2.45, 2.75) is 51.9 Å². The third-order valence-electron chi connectivity index (χ3n) is 2.98. The van der Waals surface area contributed by atoms with Gasteiger partial charge in [-0.3, -0.25) is 4.79 Å². The molecule has 0 aromatic carbocycles. The van der Waals surface area contributed by atoms with Crippen molar-refractivity contribution in [1.82, 2.24) is 0 Å². The Morgan fingerprint density at radius 3 is 2.14 bits per heavy atom. The van der Waals surface area contributed by atoms with Crippen LogP contribution in [-0.2, 0) is 23.7 Å². The Bertz CT molecular complexity index is 221. The molecule has 0 atom stereocenters. The summed E-state index contributed by atoms with van der Waals surface area (Å²) in [4.78, 5) is 11.4. The molecule has 0 heterocycles. The van der Waals surface area contributed by atoms with Gasteiger partial charge in [-0.1, -0.05) is 32.6 Å². The zero-order valence-corrected chi connectivity index (χ0v) is 13.7. The normalized spacial score (nSPS) is 10.8. The number of unbranched alkanes of at least 4 members (excludes halogenated alkanes) is 4. The van der Waals surface area contributed by atoms with Crippen molar-refractivity contribution in [3.8, 4) is 0 Å². The van der Waals surface area contributed by atoms with Crippen LogP contribution in [0, 0.1) is 0 Å². The highest BCUT2D eigenvalue weighted by atomic mass is 16.5. The van der Waals surface area contributed by atoms with Gasteiger partial charge in [-0.2, -0.15) is 0 Å². The zero-order chi connectivity index (χ0) is 15.6. The number of hydrogen-bond donors (Lipinski definition) is 0. The first-order chi connectivity index (χ1) is 10.3. The van der Waals surface area contributed by atoms with Crippen molar-refractivity contribution in [3.05, 3.63) is 0 Å². The average molecular weight is 304 g/mol. The fourth-order valence-corrected chi connectivity index (χ4v) is 1.75. The topological polar surface area (TPSA) is 54.0 Å². The van der Waals surface area contributed by atoms with E-state index in [0.29, 0.717) is 52.5 Å². The number of methoxy groups -OCH3 is 1. The highest BCUT2D eigenvalue weighted by Crippen LogP contribution is 2.03. The lowest BCUT2D eigenvalue weighted by Crippen LogP contribution is -2.10. The lowest BCUT2D eigenvalue weighted by Gasteiger charge is -2.06. The summed E-state index contributed by atoms with van der Waals surface area (Å²) in [7, 11) is 1.64. The van der Waals surface area contributed by atoms with E-state index in [-0.39, 0.29) is 5.97 Å².